The highest BCUT2D eigenvalue weighted by Gasteiger charge is 2.32. The lowest BCUT2D eigenvalue weighted by molar-refractivity contribution is -0.137. The Balaban J connectivity index is 1.69. The summed E-state index contributed by atoms with van der Waals surface area (Å²) in [5.41, 5.74) is 1.10. The number of hydrogen-bond donors (Lipinski definition) is 2. The lowest BCUT2D eigenvalue weighted by Gasteiger charge is -2.10. The van der Waals surface area contributed by atoms with Crippen LogP contribution in [-0.4, -0.2) is 35.3 Å². The average molecular weight is 224 g/mol. The van der Waals surface area contributed by atoms with Crippen molar-refractivity contribution in [2.75, 3.05) is 6.61 Å². The molecule has 0 amide bonds. The first-order chi connectivity index (χ1) is 7.75. The number of hydrogen-bond acceptors (Lipinski definition) is 4. The van der Waals surface area contributed by atoms with Gasteiger partial charge in [0.1, 0.15) is 6.10 Å². The molecule has 1 aliphatic heterocycles. The van der Waals surface area contributed by atoms with Gasteiger partial charge in [-0.1, -0.05) is 30.3 Å². The van der Waals surface area contributed by atoms with Gasteiger partial charge in [0, 0.05) is 6.42 Å². The van der Waals surface area contributed by atoms with Crippen LogP contribution in [0.25, 0.3) is 0 Å². The Labute approximate surface area is 94.4 Å². The SMILES string of the molecule is OC1O[C@@H](COCc2ccccc2)C[C@H]1O. The van der Waals surface area contributed by atoms with Gasteiger partial charge in [0.15, 0.2) is 6.29 Å². The first-order valence-corrected chi connectivity index (χ1v) is 5.39. The van der Waals surface area contributed by atoms with Crippen molar-refractivity contribution in [3.63, 3.8) is 0 Å². The first-order valence-electron chi connectivity index (χ1n) is 5.39. The maximum Gasteiger partial charge on any atom is 0.181 e. The maximum absolute atomic E-state index is 9.25. The van der Waals surface area contributed by atoms with Gasteiger partial charge in [0.2, 0.25) is 0 Å². The molecule has 1 aromatic rings. The fraction of sp³-hybridized carbons (Fsp3) is 0.500. The molecule has 16 heavy (non-hydrogen) atoms. The third-order valence-corrected chi connectivity index (χ3v) is 2.58. The second kappa shape index (κ2) is 5.41. The first kappa shape index (κ1) is 11.5. The molecule has 4 heteroatoms. The molecule has 0 radical (unpaired) electrons. The quantitative estimate of drug-likeness (QED) is 0.789. The van der Waals surface area contributed by atoms with Crippen molar-refractivity contribution in [1.82, 2.24) is 0 Å². The lowest BCUT2D eigenvalue weighted by atomic mass is 10.2. The Kier molecular flexibility index (Phi) is 3.90. The van der Waals surface area contributed by atoms with E-state index in [2.05, 4.69) is 0 Å². The van der Waals surface area contributed by atoms with Crippen molar-refractivity contribution in [1.29, 1.82) is 0 Å². The highest BCUT2D eigenvalue weighted by atomic mass is 16.6. The van der Waals surface area contributed by atoms with Crippen LogP contribution in [0.15, 0.2) is 30.3 Å². The van der Waals surface area contributed by atoms with E-state index in [1.807, 2.05) is 30.3 Å². The average Bonchev–Trinajstić information content (AvgIpc) is 2.60. The minimum atomic E-state index is -1.06. The second-order valence-electron chi connectivity index (χ2n) is 3.95. The van der Waals surface area contributed by atoms with E-state index in [4.69, 9.17) is 14.6 Å². The molecule has 1 heterocycles. The number of benzene rings is 1. The Morgan fingerprint density at radius 2 is 2.00 bits per heavy atom. The maximum atomic E-state index is 9.25. The minimum Gasteiger partial charge on any atom is -0.388 e. The van der Waals surface area contributed by atoms with Crippen LogP contribution < -0.4 is 0 Å². The predicted octanol–water partition coefficient (Wildman–Crippen LogP) is 0.671. The zero-order chi connectivity index (χ0) is 11.4. The van der Waals surface area contributed by atoms with Crippen LogP contribution in [0.5, 0.6) is 0 Å². The van der Waals surface area contributed by atoms with E-state index < -0.39 is 12.4 Å². The summed E-state index contributed by atoms with van der Waals surface area (Å²) in [5.74, 6) is 0. The van der Waals surface area contributed by atoms with Crippen molar-refractivity contribution in [3.8, 4) is 0 Å². The third-order valence-electron chi connectivity index (χ3n) is 2.58. The molecule has 0 aromatic heterocycles. The van der Waals surface area contributed by atoms with Gasteiger partial charge in [0.05, 0.1) is 19.3 Å². The normalized spacial score (nSPS) is 29.5. The van der Waals surface area contributed by atoms with Crippen molar-refractivity contribution in [2.24, 2.45) is 0 Å². The smallest absolute Gasteiger partial charge is 0.181 e. The molecule has 1 aromatic carbocycles. The van der Waals surface area contributed by atoms with Gasteiger partial charge in [0.25, 0.3) is 0 Å². The molecule has 1 fully saturated rings. The zero-order valence-electron chi connectivity index (χ0n) is 8.95. The topological polar surface area (TPSA) is 58.9 Å². The van der Waals surface area contributed by atoms with Gasteiger partial charge in [-0.15, -0.1) is 0 Å². The Morgan fingerprint density at radius 1 is 1.25 bits per heavy atom. The largest absolute Gasteiger partial charge is 0.388 e. The van der Waals surface area contributed by atoms with E-state index in [9.17, 15) is 5.11 Å². The Hall–Kier alpha value is -0.940. The van der Waals surface area contributed by atoms with Gasteiger partial charge in [-0.05, 0) is 5.56 Å². The molecule has 1 unspecified atom stereocenters. The predicted molar refractivity (Wildman–Crippen MR) is 57.6 cm³/mol. The van der Waals surface area contributed by atoms with Crippen LogP contribution in [0.4, 0.5) is 0 Å². The standard InChI is InChI=1S/C12H16O4/c13-11-6-10(16-12(11)14)8-15-7-9-4-2-1-3-5-9/h1-5,10-14H,6-8H2/t10-,11-,12?/m1/s1. The van der Waals surface area contributed by atoms with Crippen LogP contribution in [0.1, 0.15) is 12.0 Å². The van der Waals surface area contributed by atoms with E-state index in [1.165, 1.54) is 0 Å². The van der Waals surface area contributed by atoms with Gasteiger partial charge in [-0.2, -0.15) is 0 Å². The summed E-state index contributed by atoms with van der Waals surface area (Å²) in [6.45, 7) is 0.913. The monoisotopic (exact) mass is 224 g/mol. The zero-order valence-corrected chi connectivity index (χ0v) is 8.95. The molecular formula is C12H16O4. The number of aliphatic hydroxyl groups excluding tert-OH is 2. The molecule has 0 spiro atoms. The number of rotatable bonds is 4. The highest BCUT2D eigenvalue weighted by Crippen LogP contribution is 2.18. The van der Waals surface area contributed by atoms with E-state index in [0.717, 1.165) is 5.56 Å². The molecular weight excluding hydrogens is 208 g/mol. The second-order valence-corrected chi connectivity index (χ2v) is 3.95. The molecule has 4 nitrogen and oxygen atoms in total. The molecule has 1 aliphatic rings. The summed E-state index contributed by atoms with van der Waals surface area (Å²) < 4.78 is 10.5. The molecule has 0 bridgehead atoms. The summed E-state index contributed by atoms with van der Waals surface area (Å²) >= 11 is 0. The third kappa shape index (κ3) is 3.02. The van der Waals surface area contributed by atoms with Gasteiger partial charge >= 0.3 is 0 Å². The Bertz CT molecular complexity index is 304. The molecule has 2 N–H and O–H groups in total. The summed E-state index contributed by atoms with van der Waals surface area (Å²) in [6, 6.07) is 9.84. The van der Waals surface area contributed by atoms with Crippen molar-refractivity contribution in [3.05, 3.63) is 35.9 Å². The van der Waals surface area contributed by atoms with Crippen LogP contribution in [0.2, 0.25) is 0 Å². The highest BCUT2D eigenvalue weighted by molar-refractivity contribution is 5.13. The van der Waals surface area contributed by atoms with Crippen molar-refractivity contribution >= 4 is 0 Å². The summed E-state index contributed by atoms with van der Waals surface area (Å²) in [5, 5.41) is 18.4. The number of aliphatic hydroxyl groups is 2. The molecule has 0 saturated carbocycles. The van der Waals surface area contributed by atoms with Gasteiger partial charge < -0.3 is 19.7 Å². The Morgan fingerprint density at radius 3 is 2.62 bits per heavy atom. The van der Waals surface area contributed by atoms with E-state index in [0.29, 0.717) is 19.6 Å². The molecule has 3 atom stereocenters. The van der Waals surface area contributed by atoms with Crippen molar-refractivity contribution in [2.45, 2.75) is 31.5 Å². The minimum absolute atomic E-state index is 0.214. The van der Waals surface area contributed by atoms with Crippen LogP contribution in [0, 0.1) is 0 Å². The van der Waals surface area contributed by atoms with Crippen molar-refractivity contribution < 1.29 is 19.7 Å². The fourth-order valence-electron chi connectivity index (χ4n) is 1.72. The molecule has 2 rings (SSSR count). The van der Waals surface area contributed by atoms with E-state index in [-0.39, 0.29) is 6.10 Å². The fourth-order valence-corrected chi connectivity index (χ4v) is 1.72. The van der Waals surface area contributed by atoms with Crippen LogP contribution in [0.3, 0.4) is 0 Å². The van der Waals surface area contributed by atoms with Crippen LogP contribution >= 0.6 is 0 Å². The summed E-state index contributed by atoms with van der Waals surface area (Å²) in [7, 11) is 0. The molecule has 88 valence electrons. The molecule has 0 aliphatic carbocycles. The number of ether oxygens (including phenoxy) is 2. The summed E-state index contributed by atoms with van der Waals surface area (Å²) in [6.07, 6.45) is -1.64. The molecule has 1 saturated heterocycles. The van der Waals surface area contributed by atoms with Crippen LogP contribution in [-0.2, 0) is 16.1 Å². The van der Waals surface area contributed by atoms with Gasteiger partial charge in [-0.25, -0.2) is 0 Å². The summed E-state index contributed by atoms with van der Waals surface area (Å²) in [4.78, 5) is 0. The lowest BCUT2D eigenvalue weighted by Crippen LogP contribution is -2.19. The van der Waals surface area contributed by atoms with E-state index in [1.54, 1.807) is 0 Å². The van der Waals surface area contributed by atoms with E-state index >= 15 is 0 Å². The van der Waals surface area contributed by atoms with Gasteiger partial charge in [-0.3, -0.25) is 0 Å².